The Hall–Kier alpha value is -3.11. The van der Waals surface area contributed by atoms with Crippen molar-refractivity contribution in [3.63, 3.8) is 0 Å². The highest BCUT2D eigenvalue weighted by atomic mass is 16.5. The van der Waals surface area contributed by atoms with Crippen molar-refractivity contribution in [1.82, 2.24) is 15.2 Å². The third-order valence-corrected chi connectivity index (χ3v) is 4.63. The van der Waals surface area contributed by atoms with Crippen LogP contribution in [-0.2, 0) is 6.54 Å². The predicted octanol–water partition coefficient (Wildman–Crippen LogP) is 2.75. The molecule has 140 valence electrons. The van der Waals surface area contributed by atoms with Crippen LogP contribution in [0.2, 0.25) is 0 Å². The molecule has 2 heterocycles. The second-order valence-electron chi connectivity index (χ2n) is 6.54. The number of piperidine rings is 1. The quantitative estimate of drug-likeness (QED) is 0.850. The SMILES string of the molecule is COc1ccc(NC(=O)NC2CCN(Cc3cccnc3)CC2)cc1C#N. The number of rotatable bonds is 5. The largest absolute Gasteiger partial charge is 0.495 e. The Morgan fingerprint density at radius 3 is 2.85 bits per heavy atom. The fourth-order valence-corrected chi connectivity index (χ4v) is 3.21. The number of hydrogen-bond donors (Lipinski definition) is 2. The molecule has 0 unspecified atom stereocenters. The van der Waals surface area contributed by atoms with Crippen LogP contribution in [0.25, 0.3) is 0 Å². The van der Waals surface area contributed by atoms with Gasteiger partial charge in [0.15, 0.2) is 0 Å². The van der Waals surface area contributed by atoms with Gasteiger partial charge in [0, 0.05) is 43.8 Å². The fourth-order valence-electron chi connectivity index (χ4n) is 3.21. The van der Waals surface area contributed by atoms with Crippen LogP contribution in [0.15, 0.2) is 42.7 Å². The normalized spacial score (nSPS) is 15.0. The number of methoxy groups -OCH3 is 1. The van der Waals surface area contributed by atoms with E-state index >= 15 is 0 Å². The lowest BCUT2D eigenvalue weighted by molar-refractivity contribution is 0.189. The molecule has 0 aliphatic carbocycles. The maximum atomic E-state index is 12.2. The Bertz CT molecular complexity index is 811. The van der Waals surface area contributed by atoms with Crippen molar-refractivity contribution in [3.05, 3.63) is 53.9 Å². The van der Waals surface area contributed by atoms with Crippen LogP contribution in [0.3, 0.4) is 0 Å². The molecule has 2 amide bonds. The Labute approximate surface area is 159 Å². The number of carbonyl (C=O) groups excluding carboxylic acids is 1. The van der Waals surface area contributed by atoms with Crippen molar-refractivity contribution < 1.29 is 9.53 Å². The molecule has 7 heteroatoms. The predicted molar refractivity (Wildman–Crippen MR) is 102 cm³/mol. The molecular weight excluding hydrogens is 342 g/mol. The number of anilines is 1. The van der Waals surface area contributed by atoms with E-state index in [-0.39, 0.29) is 12.1 Å². The number of hydrogen-bond acceptors (Lipinski definition) is 5. The van der Waals surface area contributed by atoms with Crippen molar-refractivity contribution in [1.29, 1.82) is 5.26 Å². The molecule has 0 atom stereocenters. The van der Waals surface area contributed by atoms with Gasteiger partial charge in [-0.15, -0.1) is 0 Å². The number of pyridine rings is 1. The molecule has 0 saturated carbocycles. The first-order chi connectivity index (χ1) is 13.2. The Balaban J connectivity index is 1.46. The second-order valence-corrected chi connectivity index (χ2v) is 6.54. The zero-order valence-corrected chi connectivity index (χ0v) is 15.3. The first-order valence-electron chi connectivity index (χ1n) is 8.95. The Kier molecular flexibility index (Phi) is 6.23. The van der Waals surface area contributed by atoms with Gasteiger partial charge in [-0.25, -0.2) is 4.79 Å². The number of nitrogens with zero attached hydrogens (tertiary/aromatic N) is 3. The van der Waals surface area contributed by atoms with Crippen LogP contribution in [0.4, 0.5) is 10.5 Å². The number of likely N-dealkylation sites (tertiary alicyclic amines) is 1. The van der Waals surface area contributed by atoms with Crippen molar-refractivity contribution in [2.24, 2.45) is 0 Å². The lowest BCUT2D eigenvalue weighted by Gasteiger charge is -2.32. The van der Waals surface area contributed by atoms with Gasteiger partial charge in [0.05, 0.1) is 12.7 Å². The molecular formula is C20H23N5O2. The number of nitrogens with one attached hydrogen (secondary N) is 2. The van der Waals surface area contributed by atoms with Gasteiger partial charge in [0.2, 0.25) is 0 Å². The molecule has 2 N–H and O–H groups in total. The van der Waals surface area contributed by atoms with E-state index in [4.69, 9.17) is 10.00 Å². The molecule has 1 saturated heterocycles. The number of urea groups is 1. The highest BCUT2D eigenvalue weighted by Crippen LogP contribution is 2.21. The summed E-state index contributed by atoms with van der Waals surface area (Å²) in [4.78, 5) is 18.8. The standard InChI is InChI=1S/C20H23N5O2/c1-27-19-5-4-18(11-16(19)12-21)24-20(26)23-17-6-9-25(10-7-17)14-15-3-2-8-22-13-15/h2-5,8,11,13,17H,6-7,9-10,14H2,1H3,(H2,23,24,26). The molecule has 1 aliphatic rings. The van der Waals surface area contributed by atoms with Crippen molar-refractivity contribution >= 4 is 11.7 Å². The third-order valence-electron chi connectivity index (χ3n) is 4.63. The molecule has 3 rings (SSSR count). The fraction of sp³-hybridized carbons (Fsp3) is 0.350. The Morgan fingerprint density at radius 1 is 1.37 bits per heavy atom. The summed E-state index contributed by atoms with van der Waals surface area (Å²) in [6, 6.07) is 11.0. The van der Waals surface area contributed by atoms with E-state index < -0.39 is 0 Å². The van der Waals surface area contributed by atoms with Crippen LogP contribution in [0.5, 0.6) is 5.75 Å². The van der Waals surface area contributed by atoms with E-state index in [0.29, 0.717) is 17.0 Å². The topological polar surface area (TPSA) is 90.3 Å². The lowest BCUT2D eigenvalue weighted by atomic mass is 10.0. The smallest absolute Gasteiger partial charge is 0.319 e. The summed E-state index contributed by atoms with van der Waals surface area (Å²) in [5, 5.41) is 14.9. The molecule has 7 nitrogen and oxygen atoms in total. The zero-order chi connectivity index (χ0) is 19.1. The van der Waals surface area contributed by atoms with Gasteiger partial charge in [0.1, 0.15) is 11.8 Å². The van der Waals surface area contributed by atoms with Gasteiger partial charge in [-0.1, -0.05) is 6.07 Å². The van der Waals surface area contributed by atoms with E-state index in [9.17, 15) is 4.79 Å². The van der Waals surface area contributed by atoms with Gasteiger partial charge in [-0.2, -0.15) is 5.26 Å². The van der Waals surface area contributed by atoms with E-state index in [1.54, 1.807) is 24.4 Å². The molecule has 0 spiro atoms. The van der Waals surface area contributed by atoms with E-state index in [0.717, 1.165) is 32.5 Å². The summed E-state index contributed by atoms with van der Waals surface area (Å²) in [5.74, 6) is 0.490. The van der Waals surface area contributed by atoms with Crippen molar-refractivity contribution in [3.8, 4) is 11.8 Å². The second kappa shape index (κ2) is 9.01. The van der Waals surface area contributed by atoms with E-state index in [1.807, 2.05) is 12.3 Å². The van der Waals surface area contributed by atoms with Gasteiger partial charge < -0.3 is 15.4 Å². The van der Waals surface area contributed by atoms with Gasteiger partial charge in [-0.05, 0) is 42.7 Å². The first kappa shape index (κ1) is 18.7. The van der Waals surface area contributed by atoms with Crippen LogP contribution in [0, 0.1) is 11.3 Å². The third kappa shape index (κ3) is 5.19. The van der Waals surface area contributed by atoms with Crippen molar-refractivity contribution in [2.75, 3.05) is 25.5 Å². The lowest BCUT2D eigenvalue weighted by Crippen LogP contribution is -2.45. The number of carbonyl (C=O) groups is 1. The van der Waals surface area contributed by atoms with Gasteiger partial charge >= 0.3 is 6.03 Å². The van der Waals surface area contributed by atoms with Gasteiger partial charge in [-0.3, -0.25) is 9.88 Å². The summed E-state index contributed by atoms with van der Waals surface area (Å²) in [5.41, 5.74) is 2.16. The number of benzene rings is 1. The van der Waals surface area contributed by atoms with E-state index in [2.05, 4.69) is 32.7 Å². The summed E-state index contributed by atoms with van der Waals surface area (Å²) in [7, 11) is 1.51. The number of ether oxygens (including phenoxy) is 1. The average molecular weight is 365 g/mol. The highest BCUT2D eigenvalue weighted by molar-refractivity contribution is 5.89. The van der Waals surface area contributed by atoms with E-state index in [1.165, 1.54) is 12.7 Å². The molecule has 0 bridgehead atoms. The minimum absolute atomic E-state index is 0.142. The first-order valence-corrected chi connectivity index (χ1v) is 8.95. The molecule has 1 aromatic heterocycles. The summed E-state index contributed by atoms with van der Waals surface area (Å²) in [6.45, 7) is 2.75. The van der Waals surface area contributed by atoms with Crippen LogP contribution >= 0.6 is 0 Å². The Morgan fingerprint density at radius 2 is 2.19 bits per heavy atom. The molecule has 0 radical (unpaired) electrons. The van der Waals surface area contributed by atoms with Crippen LogP contribution < -0.4 is 15.4 Å². The maximum Gasteiger partial charge on any atom is 0.319 e. The molecule has 1 fully saturated rings. The summed E-state index contributed by atoms with van der Waals surface area (Å²) >= 11 is 0. The monoisotopic (exact) mass is 365 g/mol. The summed E-state index contributed by atoms with van der Waals surface area (Å²) in [6.07, 6.45) is 5.47. The number of nitriles is 1. The maximum absolute atomic E-state index is 12.2. The molecule has 2 aromatic rings. The minimum atomic E-state index is -0.255. The summed E-state index contributed by atoms with van der Waals surface area (Å²) < 4.78 is 5.11. The molecule has 27 heavy (non-hydrogen) atoms. The van der Waals surface area contributed by atoms with Crippen LogP contribution in [0.1, 0.15) is 24.0 Å². The van der Waals surface area contributed by atoms with Crippen molar-refractivity contribution in [2.45, 2.75) is 25.4 Å². The van der Waals surface area contributed by atoms with Crippen LogP contribution in [-0.4, -0.2) is 42.2 Å². The molecule has 1 aromatic carbocycles. The van der Waals surface area contributed by atoms with Gasteiger partial charge in [0.25, 0.3) is 0 Å². The minimum Gasteiger partial charge on any atom is -0.495 e. The number of aromatic nitrogens is 1. The average Bonchev–Trinajstić information content (AvgIpc) is 2.70. The highest BCUT2D eigenvalue weighted by Gasteiger charge is 2.21. The molecule has 1 aliphatic heterocycles. The zero-order valence-electron chi connectivity index (χ0n) is 15.3. The number of amides is 2.